The number of carbonyl (C=O) groups excluding carboxylic acids is 1. The van der Waals surface area contributed by atoms with E-state index in [-0.39, 0.29) is 16.0 Å². The molecule has 4 rings (SSSR count). The van der Waals surface area contributed by atoms with Crippen molar-refractivity contribution in [1.29, 1.82) is 0 Å². The van der Waals surface area contributed by atoms with Crippen molar-refractivity contribution in [2.75, 3.05) is 4.72 Å². The number of hydrogen-bond acceptors (Lipinski definition) is 4. The Labute approximate surface area is 175 Å². The van der Waals surface area contributed by atoms with Gasteiger partial charge in [0.25, 0.3) is 10.0 Å². The number of fused-ring (bicyclic) bond motifs is 1. The Bertz CT molecular complexity index is 1390. The quantitative estimate of drug-likeness (QED) is 0.491. The molecule has 0 saturated carbocycles. The summed E-state index contributed by atoms with van der Waals surface area (Å²) in [6.07, 6.45) is 1.35. The highest BCUT2D eigenvalue weighted by Gasteiger charge is 2.17. The average Bonchev–Trinajstić information content (AvgIpc) is 3.14. The summed E-state index contributed by atoms with van der Waals surface area (Å²) >= 11 is 5.86. The van der Waals surface area contributed by atoms with Gasteiger partial charge in [0.1, 0.15) is 5.52 Å². The molecule has 1 amide bonds. The van der Waals surface area contributed by atoms with E-state index in [9.17, 15) is 13.2 Å². The predicted molar refractivity (Wildman–Crippen MR) is 112 cm³/mol. The Kier molecular flexibility index (Phi) is 4.92. The standard InChI is InChI=1S/C20H14ClFN4O3S/c21-14-2-1-3-16(10-14)30(28,29)25-15-7-4-12(5-8-15)17-9-6-13-11-24-26(20(23)27)19(13)18(17)22/h1-11,25H,(H2,23,27). The molecule has 1 heterocycles. The van der Waals surface area contributed by atoms with Crippen LogP contribution in [-0.2, 0) is 10.0 Å². The molecule has 0 saturated heterocycles. The largest absolute Gasteiger partial charge is 0.350 e. The van der Waals surface area contributed by atoms with E-state index < -0.39 is 21.9 Å². The first-order valence-electron chi connectivity index (χ1n) is 8.61. The van der Waals surface area contributed by atoms with Crippen LogP contribution in [0.5, 0.6) is 0 Å². The molecule has 4 aromatic rings. The molecule has 0 bridgehead atoms. The van der Waals surface area contributed by atoms with Crippen molar-refractivity contribution in [2.24, 2.45) is 5.73 Å². The first-order valence-corrected chi connectivity index (χ1v) is 10.5. The number of aromatic nitrogens is 2. The molecule has 0 radical (unpaired) electrons. The molecule has 0 aliphatic rings. The maximum atomic E-state index is 15.0. The third-order valence-corrected chi connectivity index (χ3v) is 6.05. The van der Waals surface area contributed by atoms with Gasteiger partial charge in [0.2, 0.25) is 0 Å². The molecular weight excluding hydrogens is 431 g/mol. The number of amides is 1. The van der Waals surface area contributed by atoms with Crippen LogP contribution < -0.4 is 10.5 Å². The zero-order chi connectivity index (χ0) is 21.5. The third kappa shape index (κ3) is 3.60. The van der Waals surface area contributed by atoms with Crippen LogP contribution in [0, 0.1) is 5.82 Å². The number of nitrogens with zero attached hydrogens (tertiary/aromatic N) is 2. The number of hydrogen-bond donors (Lipinski definition) is 2. The summed E-state index contributed by atoms with van der Waals surface area (Å²) in [6.45, 7) is 0. The lowest BCUT2D eigenvalue weighted by Crippen LogP contribution is -2.21. The number of nitrogens with two attached hydrogens (primary N) is 1. The maximum absolute atomic E-state index is 15.0. The summed E-state index contributed by atoms with van der Waals surface area (Å²) in [5, 5.41) is 4.53. The first kappa shape index (κ1) is 19.9. The second-order valence-electron chi connectivity index (χ2n) is 6.40. The fraction of sp³-hybridized carbons (Fsp3) is 0. The molecule has 10 heteroatoms. The topological polar surface area (TPSA) is 107 Å². The van der Waals surface area contributed by atoms with Crippen LogP contribution in [-0.4, -0.2) is 24.2 Å². The number of primary amides is 1. The van der Waals surface area contributed by atoms with Crippen LogP contribution in [0.15, 0.2) is 71.8 Å². The summed E-state index contributed by atoms with van der Waals surface area (Å²) in [5.41, 5.74) is 6.21. The second-order valence-corrected chi connectivity index (χ2v) is 8.52. The van der Waals surface area contributed by atoms with Gasteiger partial charge >= 0.3 is 6.03 Å². The van der Waals surface area contributed by atoms with Gasteiger partial charge in [-0.2, -0.15) is 9.78 Å². The van der Waals surface area contributed by atoms with Crippen molar-refractivity contribution in [3.05, 3.63) is 77.7 Å². The second kappa shape index (κ2) is 7.43. The van der Waals surface area contributed by atoms with Gasteiger partial charge in [-0.3, -0.25) is 4.72 Å². The lowest BCUT2D eigenvalue weighted by molar-refractivity contribution is 0.248. The summed E-state index contributed by atoms with van der Waals surface area (Å²) in [7, 11) is -3.83. The summed E-state index contributed by atoms with van der Waals surface area (Å²) in [5.74, 6) is -0.656. The number of halogens is 2. The maximum Gasteiger partial charge on any atom is 0.340 e. The Morgan fingerprint density at radius 2 is 1.83 bits per heavy atom. The van der Waals surface area contributed by atoms with Gasteiger partial charge in [-0.15, -0.1) is 0 Å². The number of nitrogens with one attached hydrogen (secondary N) is 1. The van der Waals surface area contributed by atoms with Crippen LogP contribution in [0.2, 0.25) is 5.02 Å². The van der Waals surface area contributed by atoms with E-state index in [0.717, 1.165) is 4.68 Å². The fourth-order valence-corrected chi connectivity index (χ4v) is 4.39. The lowest BCUT2D eigenvalue weighted by Gasteiger charge is -2.10. The van der Waals surface area contributed by atoms with Crippen molar-refractivity contribution in [3.63, 3.8) is 0 Å². The Hall–Kier alpha value is -3.43. The van der Waals surface area contributed by atoms with Crippen molar-refractivity contribution in [2.45, 2.75) is 4.90 Å². The van der Waals surface area contributed by atoms with Crippen molar-refractivity contribution >= 4 is 44.2 Å². The highest BCUT2D eigenvalue weighted by molar-refractivity contribution is 7.92. The van der Waals surface area contributed by atoms with E-state index in [2.05, 4.69) is 9.82 Å². The minimum atomic E-state index is -3.83. The van der Waals surface area contributed by atoms with E-state index in [1.807, 2.05) is 0 Å². The number of anilines is 1. The molecule has 3 aromatic carbocycles. The Balaban J connectivity index is 1.67. The molecule has 1 aromatic heterocycles. The van der Waals surface area contributed by atoms with Crippen LogP contribution >= 0.6 is 11.6 Å². The summed E-state index contributed by atoms with van der Waals surface area (Å²) < 4.78 is 43.3. The van der Waals surface area contributed by atoms with Gasteiger partial charge in [0.15, 0.2) is 5.82 Å². The molecule has 152 valence electrons. The first-order chi connectivity index (χ1) is 14.3. The monoisotopic (exact) mass is 444 g/mol. The van der Waals surface area contributed by atoms with Gasteiger partial charge in [0, 0.05) is 21.7 Å². The van der Waals surface area contributed by atoms with E-state index in [4.69, 9.17) is 17.3 Å². The normalized spacial score (nSPS) is 11.5. The van der Waals surface area contributed by atoms with Gasteiger partial charge in [0.05, 0.1) is 11.1 Å². The zero-order valence-electron chi connectivity index (χ0n) is 15.2. The van der Waals surface area contributed by atoms with E-state index in [0.29, 0.717) is 21.7 Å². The zero-order valence-corrected chi connectivity index (χ0v) is 16.8. The number of benzene rings is 3. The minimum absolute atomic E-state index is 0.0225. The van der Waals surface area contributed by atoms with E-state index >= 15 is 4.39 Å². The predicted octanol–water partition coefficient (Wildman–Crippen LogP) is 4.22. The van der Waals surface area contributed by atoms with Crippen LogP contribution in [0.3, 0.4) is 0 Å². The molecule has 0 unspecified atom stereocenters. The smallest absolute Gasteiger partial charge is 0.340 e. The van der Waals surface area contributed by atoms with Crippen molar-refractivity contribution in [1.82, 2.24) is 9.78 Å². The molecule has 0 aliphatic carbocycles. The van der Waals surface area contributed by atoms with E-state index in [1.165, 1.54) is 36.5 Å². The van der Waals surface area contributed by atoms with Gasteiger partial charge in [-0.1, -0.05) is 41.9 Å². The molecule has 0 fully saturated rings. The summed E-state index contributed by atoms with van der Waals surface area (Å²) in [4.78, 5) is 11.5. The summed E-state index contributed by atoms with van der Waals surface area (Å²) in [6, 6.07) is 14.3. The van der Waals surface area contributed by atoms with Gasteiger partial charge in [-0.25, -0.2) is 17.6 Å². The Morgan fingerprint density at radius 1 is 1.10 bits per heavy atom. The molecule has 0 spiro atoms. The van der Waals surface area contributed by atoms with Gasteiger partial charge < -0.3 is 5.73 Å². The number of sulfonamides is 1. The third-order valence-electron chi connectivity index (χ3n) is 4.43. The van der Waals surface area contributed by atoms with Crippen molar-refractivity contribution in [3.8, 4) is 11.1 Å². The van der Waals surface area contributed by atoms with Crippen LogP contribution in [0.4, 0.5) is 14.9 Å². The fourth-order valence-electron chi connectivity index (χ4n) is 3.03. The van der Waals surface area contributed by atoms with Crippen molar-refractivity contribution < 1.29 is 17.6 Å². The molecular formula is C20H14ClFN4O3S. The van der Waals surface area contributed by atoms with Gasteiger partial charge in [-0.05, 0) is 35.9 Å². The average molecular weight is 445 g/mol. The van der Waals surface area contributed by atoms with Crippen LogP contribution in [0.25, 0.3) is 22.0 Å². The highest BCUT2D eigenvalue weighted by Crippen LogP contribution is 2.30. The molecule has 7 nitrogen and oxygen atoms in total. The SMILES string of the molecule is NC(=O)n1ncc2ccc(-c3ccc(NS(=O)(=O)c4cccc(Cl)c4)cc3)c(F)c21. The minimum Gasteiger partial charge on any atom is -0.350 e. The number of carbonyl (C=O) groups is 1. The lowest BCUT2D eigenvalue weighted by atomic mass is 10.0. The highest BCUT2D eigenvalue weighted by atomic mass is 35.5. The van der Waals surface area contributed by atoms with Crippen LogP contribution in [0.1, 0.15) is 0 Å². The molecule has 3 N–H and O–H groups in total. The van der Waals surface area contributed by atoms with E-state index in [1.54, 1.807) is 30.3 Å². The molecule has 0 atom stereocenters. The Morgan fingerprint density at radius 3 is 2.50 bits per heavy atom. The molecule has 0 aliphatic heterocycles. The number of rotatable bonds is 4. The molecule has 30 heavy (non-hydrogen) atoms.